The Labute approximate surface area is 72.0 Å². The number of ether oxygens (including phenoxy) is 1. The Kier molecular flexibility index (Phi) is 3.05. The third-order valence-electron chi connectivity index (χ3n) is 1.53. The van der Waals surface area contributed by atoms with Crippen LogP contribution in [0.25, 0.3) is 0 Å². The molecule has 1 N–H and O–H groups in total. The van der Waals surface area contributed by atoms with E-state index in [4.69, 9.17) is 9.84 Å². The van der Waals surface area contributed by atoms with Gasteiger partial charge < -0.3 is 9.84 Å². The first kappa shape index (κ1) is 9.00. The molecule has 1 rings (SSSR count). The standard InChI is InChI=1S/C9H13NO2/c1-7(11)5-8-6-9(12-2)3-4-10-8/h3-4,6-7,11H,5H2,1-2H3/t7-/m0/s1. The van der Waals surface area contributed by atoms with Crippen molar-refractivity contribution in [2.24, 2.45) is 0 Å². The third-order valence-corrected chi connectivity index (χ3v) is 1.53. The van der Waals surface area contributed by atoms with E-state index in [1.165, 1.54) is 0 Å². The lowest BCUT2D eigenvalue weighted by Crippen LogP contribution is -2.05. The fourth-order valence-corrected chi connectivity index (χ4v) is 0.997. The molecule has 0 aliphatic heterocycles. The summed E-state index contributed by atoms with van der Waals surface area (Å²) in [5, 5.41) is 9.09. The molecule has 1 atom stereocenters. The molecule has 66 valence electrons. The van der Waals surface area contributed by atoms with Crippen molar-refractivity contribution >= 4 is 0 Å². The van der Waals surface area contributed by atoms with Gasteiger partial charge in [0.2, 0.25) is 0 Å². The number of methoxy groups -OCH3 is 1. The Balaban J connectivity index is 2.72. The summed E-state index contributed by atoms with van der Waals surface area (Å²) in [6.07, 6.45) is 1.89. The summed E-state index contributed by atoms with van der Waals surface area (Å²) >= 11 is 0. The monoisotopic (exact) mass is 167 g/mol. The third kappa shape index (κ3) is 2.51. The summed E-state index contributed by atoms with van der Waals surface area (Å²) in [4.78, 5) is 4.09. The summed E-state index contributed by atoms with van der Waals surface area (Å²) < 4.78 is 5.01. The maximum Gasteiger partial charge on any atom is 0.122 e. The van der Waals surface area contributed by atoms with Gasteiger partial charge in [0, 0.05) is 24.4 Å². The van der Waals surface area contributed by atoms with Crippen LogP contribution in [0.15, 0.2) is 18.3 Å². The van der Waals surface area contributed by atoms with Crippen LogP contribution in [0.3, 0.4) is 0 Å². The van der Waals surface area contributed by atoms with Gasteiger partial charge in [-0.1, -0.05) is 0 Å². The van der Waals surface area contributed by atoms with E-state index < -0.39 is 0 Å². The van der Waals surface area contributed by atoms with Gasteiger partial charge >= 0.3 is 0 Å². The summed E-state index contributed by atoms with van der Waals surface area (Å²) in [6, 6.07) is 3.61. The van der Waals surface area contributed by atoms with Crippen molar-refractivity contribution in [2.45, 2.75) is 19.4 Å². The van der Waals surface area contributed by atoms with Crippen LogP contribution < -0.4 is 4.74 Å². The minimum atomic E-state index is -0.357. The molecule has 0 unspecified atom stereocenters. The highest BCUT2D eigenvalue weighted by molar-refractivity contribution is 5.22. The highest BCUT2D eigenvalue weighted by Crippen LogP contribution is 2.10. The first-order valence-corrected chi connectivity index (χ1v) is 3.89. The minimum absolute atomic E-state index is 0.357. The first-order valence-electron chi connectivity index (χ1n) is 3.89. The molecule has 3 heteroatoms. The van der Waals surface area contributed by atoms with E-state index in [0.717, 1.165) is 11.4 Å². The zero-order valence-corrected chi connectivity index (χ0v) is 7.32. The van der Waals surface area contributed by atoms with Crippen LogP contribution in [0.5, 0.6) is 5.75 Å². The molecule has 0 amide bonds. The highest BCUT2D eigenvalue weighted by Gasteiger charge is 2.00. The largest absolute Gasteiger partial charge is 0.497 e. The SMILES string of the molecule is COc1ccnc(C[C@H](C)O)c1. The molecule has 0 aliphatic rings. The zero-order chi connectivity index (χ0) is 8.97. The van der Waals surface area contributed by atoms with Crippen LogP contribution in [0.2, 0.25) is 0 Å². The van der Waals surface area contributed by atoms with Gasteiger partial charge in [-0.15, -0.1) is 0 Å². The number of pyridine rings is 1. The van der Waals surface area contributed by atoms with Crippen LogP contribution in [-0.4, -0.2) is 23.3 Å². The minimum Gasteiger partial charge on any atom is -0.497 e. The Bertz CT molecular complexity index is 248. The van der Waals surface area contributed by atoms with Gasteiger partial charge in [-0.05, 0) is 13.0 Å². The fraction of sp³-hybridized carbons (Fsp3) is 0.444. The van der Waals surface area contributed by atoms with Crippen LogP contribution in [0.4, 0.5) is 0 Å². The van der Waals surface area contributed by atoms with Crippen molar-refractivity contribution < 1.29 is 9.84 Å². The predicted molar refractivity (Wildman–Crippen MR) is 46.2 cm³/mol. The van der Waals surface area contributed by atoms with Crippen molar-refractivity contribution in [1.82, 2.24) is 4.98 Å². The van der Waals surface area contributed by atoms with E-state index in [2.05, 4.69) is 4.98 Å². The van der Waals surface area contributed by atoms with Crippen LogP contribution in [-0.2, 0) is 6.42 Å². The number of hydrogen-bond acceptors (Lipinski definition) is 3. The molecule has 1 aromatic rings. The highest BCUT2D eigenvalue weighted by atomic mass is 16.5. The van der Waals surface area contributed by atoms with E-state index in [1.807, 2.05) is 6.07 Å². The van der Waals surface area contributed by atoms with Crippen molar-refractivity contribution in [3.05, 3.63) is 24.0 Å². The van der Waals surface area contributed by atoms with Crippen LogP contribution in [0, 0.1) is 0 Å². The second kappa shape index (κ2) is 4.07. The zero-order valence-electron chi connectivity index (χ0n) is 7.32. The summed E-state index contributed by atoms with van der Waals surface area (Å²) in [7, 11) is 1.61. The fourth-order valence-electron chi connectivity index (χ4n) is 0.997. The molecule has 0 bridgehead atoms. The quantitative estimate of drug-likeness (QED) is 0.730. The summed E-state index contributed by atoms with van der Waals surface area (Å²) in [5.41, 5.74) is 0.851. The molecular weight excluding hydrogens is 154 g/mol. The number of rotatable bonds is 3. The number of aromatic nitrogens is 1. The number of aliphatic hydroxyl groups is 1. The number of aliphatic hydroxyl groups excluding tert-OH is 1. The van der Waals surface area contributed by atoms with Crippen LogP contribution >= 0.6 is 0 Å². The van der Waals surface area contributed by atoms with Crippen molar-refractivity contribution in [3.8, 4) is 5.75 Å². The number of nitrogens with zero attached hydrogens (tertiary/aromatic N) is 1. The van der Waals surface area contributed by atoms with Gasteiger partial charge in [-0.25, -0.2) is 0 Å². The molecule has 0 spiro atoms. The topological polar surface area (TPSA) is 42.4 Å². The van der Waals surface area contributed by atoms with Crippen molar-refractivity contribution in [1.29, 1.82) is 0 Å². The molecule has 0 saturated heterocycles. The van der Waals surface area contributed by atoms with E-state index >= 15 is 0 Å². The first-order chi connectivity index (χ1) is 5.72. The molecule has 0 aliphatic carbocycles. The smallest absolute Gasteiger partial charge is 0.122 e. The molecule has 3 nitrogen and oxygen atoms in total. The maximum absolute atomic E-state index is 9.09. The predicted octanol–water partition coefficient (Wildman–Crippen LogP) is 1.01. The molecular formula is C9H13NO2. The van der Waals surface area contributed by atoms with E-state index in [-0.39, 0.29) is 6.10 Å². The normalized spacial score (nSPS) is 12.6. The molecule has 0 radical (unpaired) electrons. The van der Waals surface area contributed by atoms with Gasteiger partial charge in [-0.3, -0.25) is 4.98 Å². The summed E-state index contributed by atoms with van der Waals surface area (Å²) in [6.45, 7) is 1.74. The van der Waals surface area contributed by atoms with Gasteiger partial charge in [0.1, 0.15) is 5.75 Å². The average Bonchev–Trinajstić information content (AvgIpc) is 2.03. The van der Waals surface area contributed by atoms with E-state index in [0.29, 0.717) is 6.42 Å². The van der Waals surface area contributed by atoms with Gasteiger partial charge in [0.15, 0.2) is 0 Å². The second-order valence-corrected chi connectivity index (χ2v) is 2.74. The van der Waals surface area contributed by atoms with Crippen molar-refractivity contribution in [2.75, 3.05) is 7.11 Å². The molecule has 0 fully saturated rings. The summed E-state index contributed by atoms with van der Waals surface area (Å²) in [5.74, 6) is 0.778. The second-order valence-electron chi connectivity index (χ2n) is 2.74. The Hall–Kier alpha value is -1.09. The molecule has 1 aromatic heterocycles. The Morgan fingerprint density at radius 1 is 1.67 bits per heavy atom. The number of hydrogen-bond donors (Lipinski definition) is 1. The molecule has 12 heavy (non-hydrogen) atoms. The van der Waals surface area contributed by atoms with Crippen LogP contribution in [0.1, 0.15) is 12.6 Å². The lowest BCUT2D eigenvalue weighted by Gasteiger charge is -2.04. The van der Waals surface area contributed by atoms with Crippen molar-refractivity contribution in [3.63, 3.8) is 0 Å². The lowest BCUT2D eigenvalue weighted by molar-refractivity contribution is 0.194. The molecule has 1 heterocycles. The average molecular weight is 167 g/mol. The van der Waals surface area contributed by atoms with Gasteiger partial charge in [0.05, 0.1) is 13.2 Å². The molecule has 0 saturated carbocycles. The van der Waals surface area contributed by atoms with Gasteiger partial charge in [-0.2, -0.15) is 0 Å². The van der Waals surface area contributed by atoms with Gasteiger partial charge in [0.25, 0.3) is 0 Å². The van der Waals surface area contributed by atoms with E-state index in [1.54, 1.807) is 26.3 Å². The Morgan fingerprint density at radius 2 is 2.42 bits per heavy atom. The lowest BCUT2D eigenvalue weighted by atomic mass is 10.2. The maximum atomic E-state index is 9.09. The Morgan fingerprint density at radius 3 is 3.00 bits per heavy atom. The van der Waals surface area contributed by atoms with E-state index in [9.17, 15) is 0 Å². The molecule has 0 aromatic carbocycles.